The van der Waals surface area contributed by atoms with Gasteiger partial charge in [0.2, 0.25) is 5.13 Å². The van der Waals surface area contributed by atoms with Crippen molar-refractivity contribution in [2.45, 2.75) is 45.4 Å². The topological polar surface area (TPSA) is 103 Å². The van der Waals surface area contributed by atoms with Crippen molar-refractivity contribution >= 4 is 51.2 Å². The van der Waals surface area contributed by atoms with Crippen LogP contribution in [0.1, 0.15) is 39.2 Å². The molecule has 0 unspecified atom stereocenters. The van der Waals surface area contributed by atoms with Crippen LogP contribution in [0.25, 0.3) is 10.6 Å². The lowest BCUT2D eigenvalue weighted by atomic mass is 9.74. The minimum absolute atomic E-state index is 0.122. The Labute approximate surface area is 279 Å². The fraction of sp³-hybridized carbons (Fsp3) is 0.364. The van der Waals surface area contributed by atoms with Crippen molar-refractivity contribution < 1.29 is 27.8 Å². The van der Waals surface area contributed by atoms with Gasteiger partial charge < -0.3 is 25.0 Å². The van der Waals surface area contributed by atoms with Gasteiger partial charge in [0.25, 0.3) is 0 Å². The largest absolute Gasteiger partial charge is 0.573 e. The number of phenolic OH excluding ortho intramolecular Hbond substituents is 1. The second-order valence-electron chi connectivity index (χ2n) is 13.1. The number of anilines is 4. The van der Waals surface area contributed by atoms with Gasteiger partial charge in [0.1, 0.15) is 16.5 Å². The highest BCUT2D eigenvalue weighted by Crippen LogP contribution is 2.56. The summed E-state index contributed by atoms with van der Waals surface area (Å²) in [5, 5.41) is 26.0. The molecule has 3 heterocycles. The number of aromatic hydroxyl groups is 1. The van der Waals surface area contributed by atoms with E-state index in [-0.39, 0.29) is 27.5 Å². The lowest BCUT2D eigenvalue weighted by Crippen LogP contribution is -2.47. The van der Waals surface area contributed by atoms with E-state index in [0.717, 1.165) is 49.4 Å². The molecule has 1 aromatic heterocycles. The molecular weight excluding hydrogens is 653 g/mol. The molecule has 4 aromatic rings. The number of ether oxygens (including phenoxy) is 1. The Morgan fingerprint density at radius 3 is 2.40 bits per heavy atom. The first-order valence-corrected chi connectivity index (χ1v) is 16.3. The van der Waals surface area contributed by atoms with Crippen molar-refractivity contribution in [2.75, 3.05) is 41.7 Å². The number of fused-ring (bicyclic) bond motifs is 2. The average Bonchev–Trinajstić information content (AvgIpc) is 3.59. The number of piperidine rings is 1. The summed E-state index contributed by atoms with van der Waals surface area (Å²) < 4.78 is 41.4. The molecule has 248 valence electrons. The van der Waals surface area contributed by atoms with E-state index in [0.29, 0.717) is 39.2 Å². The Morgan fingerprint density at radius 2 is 1.72 bits per heavy atom. The van der Waals surface area contributed by atoms with Gasteiger partial charge in [-0.3, -0.25) is 5.32 Å². The number of urea groups is 1. The van der Waals surface area contributed by atoms with E-state index < -0.39 is 12.4 Å². The third kappa shape index (κ3) is 7.26. The number of rotatable bonds is 6. The van der Waals surface area contributed by atoms with Gasteiger partial charge in [-0.2, -0.15) is 0 Å². The number of nitrogens with zero attached hydrogens (tertiary/aromatic N) is 4. The predicted octanol–water partition coefficient (Wildman–Crippen LogP) is 8.64. The Kier molecular flexibility index (Phi) is 8.75. The molecule has 1 spiro atoms. The number of amides is 2. The zero-order valence-corrected chi connectivity index (χ0v) is 27.6. The number of aromatic nitrogens is 2. The molecule has 0 aliphatic carbocycles. The number of halogens is 4. The van der Waals surface area contributed by atoms with Gasteiger partial charge in [-0.15, -0.1) is 23.4 Å². The molecule has 0 radical (unpaired) electrons. The van der Waals surface area contributed by atoms with Gasteiger partial charge in [0.05, 0.1) is 17.1 Å². The van der Waals surface area contributed by atoms with Crippen molar-refractivity contribution in [3.63, 3.8) is 0 Å². The lowest BCUT2D eigenvalue weighted by molar-refractivity contribution is -0.274. The van der Waals surface area contributed by atoms with Gasteiger partial charge in [-0.05, 0) is 79.9 Å². The normalized spacial score (nSPS) is 16.3. The summed E-state index contributed by atoms with van der Waals surface area (Å²) >= 11 is 7.93. The molecule has 0 bridgehead atoms. The van der Waals surface area contributed by atoms with Crippen LogP contribution < -0.4 is 20.3 Å². The smallest absolute Gasteiger partial charge is 0.506 e. The first kappa shape index (κ1) is 32.9. The molecule has 0 atom stereocenters. The van der Waals surface area contributed by atoms with E-state index in [1.807, 2.05) is 23.1 Å². The Morgan fingerprint density at radius 1 is 1.02 bits per heavy atom. The first-order chi connectivity index (χ1) is 22.2. The Bertz CT molecular complexity index is 1770. The van der Waals surface area contributed by atoms with Crippen molar-refractivity contribution in [2.24, 2.45) is 5.41 Å². The SMILES string of the molecule is CC(C)(C)CN1CCC2(CC1)CN(c1ccccc1NC(=O)Nc1nnc(-c3ccc(OC(F)(F)F)cc3)s1)c1c(O)ccc(Cl)c12. The van der Waals surface area contributed by atoms with Crippen LogP contribution in [-0.2, 0) is 5.41 Å². The molecule has 47 heavy (non-hydrogen) atoms. The molecule has 1 fully saturated rings. The molecule has 3 N–H and O–H groups in total. The molecule has 0 saturated carbocycles. The number of para-hydroxylation sites is 2. The highest BCUT2D eigenvalue weighted by Gasteiger charge is 2.48. The van der Waals surface area contributed by atoms with Crippen LogP contribution >= 0.6 is 22.9 Å². The fourth-order valence-corrected chi connectivity index (χ4v) is 7.57. The molecule has 9 nitrogen and oxygen atoms in total. The summed E-state index contributed by atoms with van der Waals surface area (Å²) in [5.41, 5.74) is 3.24. The zero-order valence-electron chi connectivity index (χ0n) is 26.0. The summed E-state index contributed by atoms with van der Waals surface area (Å²) in [7, 11) is 0. The van der Waals surface area contributed by atoms with E-state index in [1.165, 1.54) is 24.3 Å². The summed E-state index contributed by atoms with van der Waals surface area (Å²) in [6.45, 7) is 10.1. The van der Waals surface area contributed by atoms with Crippen molar-refractivity contribution in [1.29, 1.82) is 0 Å². The second kappa shape index (κ2) is 12.5. The van der Waals surface area contributed by atoms with E-state index in [2.05, 4.69) is 51.2 Å². The van der Waals surface area contributed by atoms with E-state index in [9.17, 15) is 23.1 Å². The second-order valence-corrected chi connectivity index (χ2v) is 14.5. The number of likely N-dealkylation sites (tertiary alicyclic amines) is 1. The number of carbonyl (C=O) groups is 1. The van der Waals surface area contributed by atoms with Crippen LogP contribution in [0, 0.1) is 5.41 Å². The van der Waals surface area contributed by atoms with E-state index in [4.69, 9.17) is 11.6 Å². The van der Waals surface area contributed by atoms with Gasteiger partial charge in [0.15, 0.2) is 0 Å². The first-order valence-electron chi connectivity index (χ1n) is 15.1. The van der Waals surface area contributed by atoms with Crippen LogP contribution in [0.2, 0.25) is 5.02 Å². The van der Waals surface area contributed by atoms with Crippen molar-refractivity contribution in [1.82, 2.24) is 15.1 Å². The number of hydrogen-bond donors (Lipinski definition) is 3. The fourth-order valence-electron chi connectivity index (χ4n) is 6.47. The standard InChI is InChI=1S/C33H34ClF3N6O3S/c1-31(2,3)18-42-16-14-32(15-17-42)19-43(27-25(44)13-12-22(34)26(27)32)24-7-5-4-6-23(24)38-29(45)39-30-41-40-28(47-30)20-8-10-21(11-9-20)46-33(35,36)37/h4-13,44H,14-19H2,1-3H3,(H2,38,39,41,45). The van der Waals surface area contributed by atoms with Crippen LogP contribution in [0.15, 0.2) is 60.7 Å². The quantitative estimate of drug-likeness (QED) is 0.187. The maximum absolute atomic E-state index is 13.2. The van der Waals surface area contributed by atoms with Gasteiger partial charge in [-0.25, -0.2) is 4.79 Å². The Balaban J connectivity index is 1.19. The summed E-state index contributed by atoms with van der Waals surface area (Å²) in [6.07, 6.45) is -3.03. The molecular formula is C33H34ClF3N6O3S. The number of alkyl halides is 3. The summed E-state index contributed by atoms with van der Waals surface area (Å²) in [5.74, 6) is -0.229. The van der Waals surface area contributed by atoms with Crippen LogP contribution in [-0.4, -0.2) is 58.8 Å². The average molecular weight is 687 g/mol. The van der Waals surface area contributed by atoms with Gasteiger partial charge in [-0.1, -0.05) is 55.8 Å². The minimum atomic E-state index is -4.79. The molecule has 1 saturated heterocycles. The minimum Gasteiger partial charge on any atom is -0.506 e. The van der Waals surface area contributed by atoms with Crippen molar-refractivity contribution in [3.8, 4) is 22.1 Å². The number of phenols is 1. The Hall–Kier alpha value is -4.07. The molecule has 2 aliphatic heterocycles. The monoisotopic (exact) mass is 686 g/mol. The molecule has 3 aromatic carbocycles. The van der Waals surface area contributed by atoms with Crippen molar-refractivity contribution in [3.05, 3.63) is 71.2 Å². The maximum atomic E-state index is 13.2. The number of benzene rings is 3. The molecule has 2 aliphatic rings. The highest BCUT2D eigenvalue weighted by atomic mass is 35.5. The van der Waals surface area contributed by atoms with Crippen LogP contribution in [0.5, 0.6) is 11.5 Å². The third-order valence-electron chi connectivity index (χ3n) is 8.30. The summed E-state index contributed by atoms with van der Waals surface area (Å²) in [4.78, 5) is 17.7. The van der Waals surface area contributed by atoms with Gasteiger partial charge >= 0.3 is 12.4 Å². The molecule has 6 rings (SSSR count). The van der Waals surface area contributed by atoms with Crippen LogP contribution in [0.4, 0.5) is 40.2 Å². The predicted molar refractivity (Wildman–Crippen MR) is 178 cm³/mol. The maximum Gasteiger partial charge on any atom is 0.573 e. The third-order valence-corrected chi connectivity index (χ3v) is 9.50. The number of hydrogen-bond acceptors (Lipinski definition) is 8. The van der Waals surface area contributed by atoms with E-state index in [1.54, 1.807) is 18.2 Å². The molecule has 14 heteroatoms. The number of nitrogens with one attached hydrogen (secondary N) is 2. The molecule has 2 amide bonds. The summed E-state index contributed by atoms with van der Waals surface area (Å²) in [6, 6.07) is 15.4. The van der Waals surface area contributed by atoms with E-state index >= 15 is 0 Å². The van der Waals surface area contributed by atoms with Gasteiger partial charge in [0, 0.05) is 34.7 Å². The zero-order chi connectivity index (χ0) is 33.6. The lowest BCUT2D eigenvalue weighted by Gasteiger charge is -2.42. The number of carbonyl (C=O) groups excluding carboxylic acids is 1. The highest BCUT2D eigenvalue weighted by molar-refractivity contribution is 7.18. The van der Waals surface area contributed by atoms with Crippen LogP contribution in [0.3, 0.4) is 0 Å².